The number of aromatic amines is 1. The maximum absolute atomic E-state index is 12.6. The second kappa shape index (κ2) is 5.15. The van der Waals surface area contributed by atoms with Crippen LogP contribution in [0.3, 0.4) is 0 Å². The van der Waals surface area contributed by atoms with E-state index < -0.39 is 27.8 Å². The largest absolute Gasteiger partial charge is 0.302 e. The lowest BCUT2D eigenvalue weighted by atomic mass is 10.1. The molecule has 7 nitrogen and oxygen atoms in total. The van der Waals surface area contributed by atoms with Crippen LogP contribution in [0.2, 0.25) is 0 Å². The van der Waals surface area contributed by atoms with Crippen molar-refractivity contribution >= 4 is 44.7 Å². The second-order valence-corrected chi connectivity index (χ2v) is 6.74. The van der Waals surface area contributed by atoms with Gasteiger partial charge < -0.3 is 0 Å². The average Bonchev–Trinajstić information content (AvgIpc) is 2.61. The molecule has 0 bridgehead atoms. The lowest BCUT2D eigenvalue weighted by molar-refractivity contribution is -0.117. The van der Waals surface area contributed by atoms with Gasteiger partial charge in [0.05, 0.1) is 9.32 Å². The highest BCUT2D eigenvalue weighted by atomic mass is 127. The molecule has 1 aromatic rings. The Morgan fingerprint density at radius 1 is 1.53 bits per heavy atom. The number of hydrogen-bond acceptors (Lipinski definition) is 5. The summed E-state index contributed by atoms with van der Waals surface area (Å²) in [5, 5.41) is 0. The summed E-state index contributed by atoms with van der Waals surface area (Å²) in [6, 6.07) is 0. The Labute approximate surface area is 121 Å². The number of amides is 1. The zero-order chi connectivity index (χ0) is 14.2. The number of rotatable bonds is 3. The van der Waals surface area contributed by atoms with Crippen molar-refractivity contribution in [2.45, 2.75) is 6.42 Å². The van der Waals surface area contributed by atoms with Crippen LogP contribution in [-0.2, 0) is 15.0 Å². The minimum absolute atomic E-state index is 0.0194. The summed E-state index contributed by atoms with van der Waals surface area (Å²) in [6.45, 7) is 0.0194. The Kier molecular flexibility index (Phi) is 3.90. The molecule has 1 fully saturated rings. The highest BCUT2D eigenvalue weighted by Gasteiger charge is 2.34. The van der Waals surface area contributed by atoms with Gasteiger partial charge in [-0.05, 0) is 22.6 Å². The predicted octanol–water partition coefficient (Wildman–Crippen LogP) is 0.0267. The maximum atomic E-state index is 12.6. The third-order valence-corrected chi connectivity index (χ3v) is 4.28. The molecule has 104 valence electrons. The van der Waals surface area contributed by atoms with Gasteiger partial charge in [-0.1, -0.05) is 0 Å². The van der Waals surface area contributed by atoms with Crippen molar-refractivity contribution in [1.82, 2.24) is 9.97 Å². The summed E-state index contributed by atoms with van der Waals surface area (Å²) in [4.78, 5) is 30.6. The monoisotopic (exact) mass is 401 g/mol. The summed E-state index contributed by atoms with van der Waals surface area (Å²) in [5.41, 5.74) is -0.389. The van der Waals surface area contributed by atoms with Crippen LogP contribution in [0.25, 0.3) is 0 Å². The van der Waals surface area contributed by atoms with Gasteiger partial charge in [-0.3, -0.25) is 19.5 Å². The van der Waals surface area contributed by atoms with Crippen LogP contribution in [0.4, 0.5) is 9.83 Å². The van der Waals surface area contributed by atoms with Crippen molar-refractivity contribution in [3.8, 4) is 0 Å². The normalized spacial score (nSPS) is 20.0. The number of halogens is 2. The van der Waals surface area contributed by atoms with Gasteiger partial charge in [-0.15, -0.1) is 3.89 Å². The van der Waals surface area contributed by atoms with E-state index in [1.54, 1.807) is 22.6 Å². The molecule has 10 heteroatoms. The Hall–Kier alpha value is -1.04. The van der Waals surface area contributed by atoms with Crippen LogP contribution >= 0.6 is 22.6 Å². The molecule has 2 heterocycles. The van der Waals surface area contributed by atoms with Gasteiger partial charge in [0.1, 0.15) is 0 Å². The van der Waals surface area contributed by atoms with E-state index >= 15 is 0 Å². The molecular formula is C9H9FIN3O4S. The molecule has 2 rings (SSSR count). The van der Waals surface area contributed by atoms with Crippen molar-refractivity contribution in [2.75, 3.05) is 17.2 Å². The molecule has 19 heavy (non-hydrogen) atoms. The first kappa shape index (κ1) is 14.4. The highest BCUT2D eigenvalue weighted by Crippen LogP contribution is 2.23. The first-order chi connectivity index (χ1) is 8.76. The summed E-state index contributed by atoms with van der Waals surface area (Å²) in [7, 11) is -4.62. The Morgan fingerprint density at radius 3 is 2.79 bits per heavy atom. The fourth-order valence-electron chi connectivity index (χ4n) is 1.89. The smallest absolute Gasteiger partial charge is 0.291 e. The van der Waals surface area contributed by atoms with E-state index in [1.807, 2.05) is 0 Å². The predicted molar refractivity (Wildman–Crippen MR) is 72.9 cm³/mol. The fraction of sp³-hybridized carbons (Fsp3) is 0.444. The molecule has 1 aromatic heterocycles. The van der Waals surface area contributed by atoms with Crippen molar-refractivity contribution in [1.29, 1.82) is 0 Å². The van der Waals surface area contributed by atoms with Gasteiger partial charge in [0.15, 0.2) is 0 Å². The van der Waals surface area contributed by atoms with Crippen LogP contribution in [0.15, 0.2) is 11.0 Å². The van der Waals surface area contributed by atoms with Gasteiger partial charge >= 0.3 is 10.2 Å². The Bertz CT molecular complexity index is 674. The molecule has 1 saturated heterocycles. The minimum Gasteiger partial charge on any atom is -0.291 e. The zero-order valence-corrected chi connectivity index (χ0v) is 12.4. The molecule has 1 unspecified atom stereocenters. The van der Waals surface area contributed by atoms with Gasteiger partial charge in [-0.2, -0.15) is 8.42 Å². The van der Waals surface area contributed by atoms with Crippen molar-refractivity contribution in [3.63, 3.8) is 0 Å². The molecule has 0 aliphatic carbocycles. The van der Waals surface area contributed by atoms with Crippen molar-refractivity contribution in [2.24, 2.45) is 5.92 Å². The van der Waals surface area contributed by atoms with Crippen LogP contribution < -0.4 is 10.5 Å². The van der Waals surface area contributed by atoms with E-state index in [4.69, 9.17) is 0 Å². The van der Waals surface area contributed by atoms with E-state index in [0.717, 1.165) is 4.90 Å². The SMILES string of the molecule is O=C1CC(CS(=O)(=O)F)CN1c1ncc(I)c(=O)[nH]1. The van der Waals surface area contributed by atoms with Crippen molar-refractivity contribution < 1.29 is 17.1 Å². The molecule has 0 spiro atoms. The molecule has 0 radical (unpaired) electrons. The molecule has 0 aromatic carbocycles. The summed E-state index contributed by atoms with van der Waals surface area (Å²) >= 11 is 1.79. The summed E-state index contributed by atoms with van der Waals surface area (Å²) in [5.74, 6) is -1.68. The molecule has 1 aliphatic heterocycles. The van der Waals surface area contributed by atoms with Crippen molar-refractivity contribution in [3.05, 3.63) is 20.1 Å². The van der Waals surface area contributed by atoms with Gasteiger partial charge in [-0.25, -0.2) is 4.98 Å². The number of nitrogens with zero attached hydrogens (tertiary/aromatic N) is 2. The first-order valence-corrected chi connectivity index (χ1v) is 7.87. The molecule has 1 atom stereocenters. The number of nitrogens with one attached hydrogen (secondary N) is 1. The lowest BCUT2D eigenvalue weighted by Crippen LogP contribution is -2.29. The quantitative estimate of drug-likeness (QED) is 0.569. The Morgan fingerprint density at radius 2 is 2.21 bits per heavy atom. The van der Waals surface area contributed by atoms with Crippen LogP contribution in [0, 0.1) is 9.49 Å². The molecular weight excluding hydrogens is 392 g/mol. The Balaban J connectivity index is 2.20. The average molecular weight is 401 g/mol. The van der Waals surface area contributed by atoms with E-state index in [0.29, 0.717) is 3.57 Å². The number of aromatic nitrogens is 2. The summed E-state index contributed by atoms with van der Waals surface area (Å²) < 4.78 is 34.1. The van der Waals surface area contributed by atoms with Crippen LogP contribution in [-0.4, -0.2) is 36.6 Å². The highest BCUT2D eigenvalue weighted by molar-refractivity contribution is 14.1. The lowest BCUT2D eigenvalue weighted by Gasteiger charge is -2.14. The number of H-pyrrole nitrogens is 1. The number of anilines is 1. The second-order valence-electron chi connectivity index (χ2n) is 4.16. The van der Waals surface area contributed by atoms with E-state index in [1.165, 1.54) is 6.20 Å². The number of carbonyl (C=O) groups excluding carboxylic acids is 1. The van der Waals surface area contributed by atoms with E-state index in [2.05, 4.69) is 9.97 Å². The van der Waals surface area contributed by atoms with E-state index in [9.17, 15) is 21.9 Å². The molecule has 1 N–H and O–H groups in total. The van der Waals surface area contributed by atoms with Gasteiger partial charge in [0.2, 0.25) is 11.9 Å². The maximum Gasteiger partial charge on any atom is 0.302 e. The van der Waals surface area contributed by atoms with E-state index in [-0.39, 0.29) is 24.5 Å². The topological polar surface area (TPSA) is 100 Å². The first-order valence-electron chi connectivity index (χ1n) is 5.24. The standard InChI is InChI=1S/C9H9FIN3O4S/c10-19(17,18)4-5-1-7(15)14(3-5)9-12-2-6(11)8(16)13-9/h2,5H,1,3-4H2,(H,12,13,16). The van der Waals surface area contributed by atoms with Gasteiger partial charge in [0.25, 0.3) is 5.56 Å². The molecule has 1 aliphatic rings. The summed E-state index contributed by atoms with van der Waals surface area (Å²) in [6.07, 6.45) is 1.22. The van der Waals surface area contributed by atoms with Gasteiger partial charge in [0, 0.05) is 25.1 Å². The third kappa shape index (κ3) is 3.49. The molecule has 0 saturated carbocycles. The minimum atomic E-state index is -4.62. The number of carbonyl (C=O) groups is 1. The number of hydrogen-bond donors (Lipinski definition) is 1. The fourth-order valence-corrected chi connectivity index (χ4v) is 2.95. The zero-order valence-electron chi connectivity index (χ0n) is 9.47. The van der Waals surface area contributed by atoms with Crippen LogP contribution in [0.5, 0.6) is 0 Å². The molecule has 1 amide bonds. The third-order valence-electron chi connectivity index (χ3n) is 2.64. The van der Waals surface area contributed by atoms with Crippen LogP contribution in [0.1, 0.15) is 6.42 Å².